The van der Waals surface area contributed by atoms with E-state index in [9.17, 15) is 14.4 Å². The number of rotatable bonds is 6. The molecule has 27 heavy (non-hydrogen) atoms. The van der Waals surface area contributed by atoms with Crippen molar-refractivity contribution in [2.45, 2.75) is 40.0 Å². The molecule has 0 spiro atoms. The van der Waals surface area contributed by atoms with Gasteiger partial charge in [0.05, 0.1) is 30.6 Å². The second kappa shape index (κ2) is 7.75. The summed E-state index contributed by atoms with van der Waals surface area (Å²) >= 11 is 1.11. The SMILES string of the molecule is Cc1c(C(=O)OC(C)C)sc2ncn(CC(=O)NCc3ccco3)c(=O)c12. The van der Waals surface area contributed by atoms with Crippen LogP contribution in [0.2, 0.25) is 0 Å². The van der Waals surface area contributed by atoms with E-state index in [1.165, 1.54) is 17.2 Å². The van der Waals surface area contributed by atoms with E-state index in [2.05, 4.69) is 10.3 Å². The van der Waals surface area contributed by atoms with E-state index >= 15 is 0 Å². The van der Waals surface area contributed by atoms with Gasteiger partial charge >= 0.3 is 5.97 Å². The Morgan fingerprint density at radius 2 is 2.19 bits per heavy atom. The minimum Gasteiger partial charge on any atom is -0.467 e. The zero-order valence-corrected chi connectivity index (χ0v) is 16.0. The van der Waals surface area contributed by atoms with Gasteiger partial charge in [-0.3, -0.25) is 14.2 Å². The lowest BCUT2D eigenvalue weighted by Gasteiger charge is -2.07. The van der Waals surface area contributed by atoms with Gasteiger partial charge in [0.2, 0.25) is 5.91 Å². The number of thiophene rings is 1. The fourth-order valence-corrected chi connectivity index (χ4v) is 3.57. The Kier molecular flexibility index (Phi) is 5.41. The van der Waals surface area contributed by atoms with Crippen LogP contribution in [0.4, 0.5) is 0 Å². The molecule has 1 N–H and O–H groups in total. The Morgan fingerprint density at radius 3 is 2.85 bits per heavy atom. The molecule has 1 amide bonds. The number of fused-ring (bicyclic) bond motifs is 1. The van der Waals surface area contributed by atoms with Crippen molar-refractivity contribution in [1.82, 2.24) is 14.9 Å². The molecule has 0 saturated carbocycles. The first-order valence-corrected chi connectivity index (χ1v) is 9.17. The number of nitrogens with zero attached hydrogens (tertiary/aromatic N) is 2. The van der Waals surface area contributed by atoms with Crippen molar-refractivity contribution >= 4 is 33.4 Å². The Hall–Kier alpha value is -2.94. The van der Waals surface area contributed by atoms with Gasteiger partial charge in [0.15, 0.2) is 0 Å². The Bertz CT molecular complexity index is 1030. The third-order valence-corrected chi connectivity index (χ3v) is 4.98. The highest BCUT2D eigenvalue weighted by Crippen LogP contribution is 2.27. The third-order valence-electron chi connectivity index (χ3n) is 3.80. The van der Waals surface area contributed by atoms with Crippen LogP contribution in [-0.2, 0) is 22.6 Å². The van der Waals surface area contributed by atoms with Gasteiger partial charge in [0.25, 0.3) is 5.56 Å². The molecule has 0 saturated heterocycles. The van der Waals surface area contributed by atoms with Gasteiger partial charge in [-0.05, 0) is 38.5 Å². The van der Waals surface area contributed by atoms with Crippen molar-refractivity contribution in [2.75, 3.05) is 0 Å². The molecule has 0 aliphatic rings. The Labute approximate surface area is 158 Å². The van der Waals surface area contributed by atoms with Crippen LogP contribution >= 0.6 is 11.3 Å². The van der Waals surface area contributed by atoms with Crippen LogP contribution < -0.4 is 10.9 Å². The molecule has 0 unspecified atom stereocenters. The number of hydrogen-bond acceptors (Lipinski definition) is 7. The standard InChI is InChI=1S/C18H19N3O5S/c1-10(2)26-18(24)15-11(3)14-16(27-15)20-9-21(17(14)23)8-13(22)19-7-12-5-4-6-25-12/h4-6,9-10H,7-8H2,1-3H3,(H,19,22). The van der Waals surface area contributed by atoms with Crippen LogP contribution in [0, 0.1) is 6.92 Å². The molecule has 0 radical (unpaired) electrons. The molecule has 0 aromatic carbocycles. The number of ether oxygens (including phenoxy) is 1. The molecular formula is C18H19N3O5S. The van der Waals surface area contributed by atoms with Gasteiger partial charge in [-0.2, -0.15) is 0 Å². The van der Waals surface area contributed by atoms with Gasteiger partial charge in [0.1, 0.15) is 22.0 Å². The highest BCUT2D eigenvalue weighted by atomic mass is 32.1. The quantitative estimate of drug-likeness (QED) is 0.649. The molecule has 3 rings (SSSR count). The van der Waals surface area contributed by atoms with E-state index in [-0.39, 0.29) is 30.7 Å². The van der Waals surface area contributed by atoms with Gasteiger partial charge in [-0.25, -0.2) is 9.78 Å². The van der Waals surface area contributed by atoms with Crippen molar-refractivity contribution in [3.05, 3.63) is 51.3 Å². The molecule has 0 bridgehead atoms. The monoisotopic (exact) mass is 389 g/mol. The summed E-state index contributed by atoms with van der Waals surface area (Å²) in [6, 6.07) is 3.47. The molecule has 142 valence electrons. The van der Waals surface area contributed by atoms with Crippen LogP contribution in [0.15, 0.2) is 33.9 Å². The lowest BCUT2D eigenvalue weighted by Crippen LogP contribution is -2.32. The predicted molar refractivity (Wildman–Crippen MR) is 99.7 cm³/mol. The smallest absolute Gasteiger partial charge is 0.348 e. The maximum absolute atomic E-state index is 12.8. The molecular weight excluding hydrogens is 370 g/mol. The predicted octanol–water partition coefficient (Wildman–Crippen LogP) is 2.24. The maximum Gasteiger partial charge on any atom is 0.348 e. The highest BCUT2D eigenvalue weighted by molar-refractivity contribution is 7.20. The van der Waals surface area contributed by atoms with Gasteiger partial charge < -0.3 is 14.5 Å². The number of furan rings is 1. The minimum absolute atomic E-state index is 0.177. The normalized spacial score (nSPS) is 11.1. The van der Waals surface area contributed by atoms with Gasteiger partial charge in [0, 0.05) is 0 Å². The maximum atomic E-state index is 12.8. The van der Waals surface area contributed by atoms with Crippen LogP contribution in [0.25, 0.3) is 10.2 Å². The summed E-state index contributed by atoms with van der Waals surface area (Å²) in [6.07, 6.45) is 2.57. The summed E-state index contributed by atoms with van der Waals surface area (Å²) in [5.41, 5.74) is 0.147. The number of carbonyl (C=O) groups is 2. The van der Waals surface area contributed by atoms with E-state index in [4.69, 9.17) is 9.15 Å². The molecule has 0 aliphatic heterocycles. The van der Waals surface area contributed by atoms with Crippen molar-refractivity contribution in [1.29, 1.82) is 0 Å². The molecule has 8 nitrogen and oxygen atoms in total. The van der Waals surface area contributed by atoms with Gasteiger partial charge in [-0.1, -0.05) is 0 Å². The largest absolute Gasteiger partial charge is 0.467 e. The third kappa shape index (κ3) is 4.08. The van der Waals surface area contributed by atoms with Gasteiger partial charge in [-0.15, -0.1) is 11.3 Å². The highest BCUT2D eigenvalue weighted by Gasteiger charge is 2.21. The second-order valence-electron chi connectivity index (χ2n) is 6.22. The number of esters is 1. The summed E-state index contributed by atoms with van der Waals surface area (Å²) in [5.74, 6) is -0.208. The second-order valence-corrected chi connectivity index (χ2v) is 7.22. The van der Waals surface area contributed by atoms with E-state index in [0.29, 0.717) is 26.4 Å². The molecule has 9 heteroatoms. The van der Waals surface area contributed by atoms with Crippen molar-refractivity contribution in [3.8, 4) is 0 Å². The molecule has 0 atom stereocenters. The van der Waals surface area contributed by atoms with E-state index in [0.717, 1.165) is 11.3 Å². The van der Waals surface area contributed by atoms with Crippen LogP contribution in [0.5, 0.6) is 0 Å². The van der Waals surface area contributed by atoms with E-state index in [1.54, 1.807) is 32.9 Å². The summed E-state index contributed by atoms with van der Waals surface area (Å²) in [4.78, 5) is 42.1. The molecule has 3 heterocycles. The van der Waals surface area contributed by atoms with Crippen LogP contribution in [0.1, 0.15) is 34.8 Å². The topological polar surface area (TPSA) is 103 Å². The zero-order chi connectivity index (χ0) is 19.6. The first-order valence-electron chi connectivity index (χ1n) is 8.35. The lowest BCUT2D eigenvalue weighted by molar-refractivity contribution is -0.122. The average Bonchev–Trinajstić information content (AvgIpc) is 3.23. The van der Waals surface area contributed by atoms with Crippen molar-refractivity contribution in [2.24, 2.45) is 0 Å². The van der Waals surface area contributed by atoms with E-state index in [1.807, 2.05) is 0 Å². The van der Waals surface area contributed by atoms with Crippen molar-refractivity contribution < 1.29 is 18.7 Å². The fraction of sp³-hybridized carbons (Fsp3) is 0.333. The van der Waals surface area contributed by atoms with Crippen molar-refractivity contribution in [3.63, 3.8) is 0 Å². The number of hydrogen-bond donors (Lipinski definition) is 1. The molecule has 0 fully saturated rings. The number of amides is 1. The lowest BCUT2D eigenvalue weighted by atomic mass is 10.2. The molecule has 3 aromatic rings. The van der Waals surface area contributed by atoms with Crippen LogP contribution in [-0.4, -0.2) is 27.5 Å². The first kappa shape index (κ1) is 18.8. The van der Waals surface area contributed by atoms with Crippen LogP contribution in [0.3, 0.4) is 0 Å². The fourth-order valence-electron chi connectivity index (χ4n) is 2.54. The zero-order valence-electron chi connectivity index (χ0n) is 15.1. The summed E-state index contributed by atoms with van der Waals surface area (Å²) < 4.78 is 11.6. The number of aromatic nitrogens is 2. The minimum atomic E-state index is -0.479. The number of carbonyl (C=O) groups excluding carboxylic acids is 2. The van der Waals surface area contributed by atoms with E-state index < -0.39 is 5.97 Å². The Morgan fingerprint density at radius 1 is 1.41 bits per heavy atom. The Balaban J connectivity index is 1.82. The summed E-state index contributed by atoms with van der Waals surface area (Å²) in [7, 11) is 0. The summed E-state index contributed by atoms with van der Waals surface area (Å²) in [5, 5.41) is 3.01. The molecule has 3 aromatic heterocycles. The average molecular weight is 389 g/mol. The summed E-state index contributed by atoms with van der Waals surface area (Å²) in [6.45, 7) is 5.25. The molecule has 0 aliphatic carbocycles. The first-order chi connectivity index (χ1) is 12.9. The number of nitrogens with one attached hydrogen (secondary N) is 1. The number of aryl methyl sites for hydroxylation is 1.